The van der Waals surface area contributed by atoms with Crippen LogP contribution in [0.1, 0.15) is 5.69 Å². The first-order chi connectivity index (χ1) is 10.7. The summed E-state index contributed by atoms with van der Waals surface area (Å²) in [5.74, 6) is 2.58. The van der Waals surface area contributed by atoms with Gasteiger partial charge in [0, 0.05) is 18.2 Å². The minimum Gasteiger partial charge on any atom is -0.496 e. The Morgan fingerprint density at radius 1 is 1.05 bits per heavy atom. The number of nitrogens with one attached hydrogen (secondary N) is 1. The highest BCUT2D eigenvalue weighted by Crippen LogP contribution is 2.27. The fourth-order valence-electron chi connectivity index (χ4n) is 1.70. The topological polar surface area (TPSA) is 89.3 Å². The van der Waals surface area contributed by atoms with E-state index in [-0.39, 0.29) is 5.69 Å². The van der Waals surface area contributed by atoms with Gasteiger partial charge in [0.2, 0.25) is 0 Å². The lowest BCUT2D eigenvalue weighted by atomic mass is 10.3. The van der Waals surface area contributed by atoms with E-state index in [0.29, 0.717) is 36.2 Å². The van der Waals surface area contributed by atoms with Gasteiger partial charge in [-0.25, -0.2) is 0 Å². The number of ether oxygens (including phenoxy) is 3. The molecule has 7 heteroatoms. The van der Waals surface area contributed by atoms with E-state index in [1.54, 1.807) is 44.6 Å². The summed E-state index contributed by atoms with van der Waals surface area (Å²) in [5, 5.41) is 19.3. The molecule has 0 bridgehead atoms. The van der Waals surface area contributed by atoms with Crippen molar-refractivity contribution in [3.63, 3.8) is 0 Å². The van der Waals surface area contributed by atoms with Gasteiger partial charge in [-0.2, -0.15) is 5.26 Å². The number of anilines is 1. The van der Waals surface area contributed by atoms with Gasteiger partial charge in [-0.3, -0.25) is 0 Å². The molecule has 0 saturated carbocycles. The second-order valence-corrected chi connectivity index (χ2v) is 4.24. The number of hydrogen-bond donors (Lipinski definition) is 1. The van der Waals surface area contributed by atoms with Crippen LogP contribution in [-0.2, 0) is 0 Å². The molecule has 0 unspecified atom stereocenters. The SMILES string of the molecule is COc1cc(OC)cc(OCCNc2ccc(C#N)nn2)c1. The quantitative estimate of drug-likeness (QED) is 0.780. The van der Waals surface area contributed by atoms with E-state index in [0.717, 1.165) is 0 Å². The maximum absolute atomic E-state index is 8.64. The maximum Gasteiger partial charge on any atom is 0.163 e. The Morgan fingerprint density at radius 2 is 1.73 bits per heavy atom. The van der Waals surface area contributed by atoms with Crippen LogP contribution < -0.4 is 19.5 Å². The van der Waals surface area contributed by atoms with E-state index in [4.69, 9.17) is 19.5 Å². The number of benzene rings is 1. The molecule has 2 rings (SSSR count). The molecule has 0 amide bonds. The predicted octanol–water partition coefficient (Wildman–Crippen LogP) is 1.86. The molecule has 0 atom stereocenters. The molecular formula is C15H16N4O3. The van der Waals surface area contributed by atoms with Crippen LogP contribution in [-0.4, -0.2) is 37.6 Å². The third-order valence-electron chi connectivity index (χ3n) is 2.78. The Balaban J connectivity index is 1.84. The first-order valence-corrected chi connectivity index (χ1v) is 6.58. The molecular weight excluding hydrogens is 284 g/mol. The lowest BCUT2D eigenvalue weighted by Crippen LogP contribution is -2.12. The minimum absolute atomic E-state index is 0.283. The van der Waals surface area contributed by atoms with E-state index in [2.05, 4.69) is 15.5 Å². The van der Waals surface area contributed by atoms with Gasteiger partial charge in [0.1, 0.15) is 35.7 Å². The average Bonchev–Trinajstić information content (AvgIpc) is 2.58. The van der Waals surface area contributed by atoms with E-state index in [1.165, 1.54) is 0 Å². The molecule has 7 nitrogen and oxygen atoms in total. The average molecular weight is 300 g/mol. The van der Waals surface area contributed by atoms with Crippen molar-refractivity contribution < 1.29 is 14.2 Å². The summed E-state index contributed by atoms with van der Waals surface area (Å²) >= 11 is 0. The van der Waals surface area contributed by atoms with Gasteiger partial charge < -0.3 is 19.5 Å². The Morgan fingerprint density at radius 3 is 2.27 bits per heavy atom. The molecule has 0 fully saturated rings. The molecule has 0 aliphatic heterocycles. The molecule has 0 aliphatic rings. The second-order valence-electron chi connectivity index (χ2n) is 4.24. The Bertz CT molecular complexity index is 631. The molecule has 1 heterocycles. The van der Waals surface area contributed by atoms with Crippen molar-refractivity contribution in [3.05, 3.63) is 36.0 Å². The molecule has 0 aliphatic carbocycles. The fraction of sp³-hybridized carbons (Fsp3) is 0.267. The monoisotopic (exact) mass is 300 g/mol. The molecule has 1 aromatic carbocycles. The number of aromatic nitrogens is 2. The standard InChI is InChI=1S/C15H16N4O3/c1-20-12-7-13(21-2)9-14(8-12)22-6-5-17-15-4-3-11(10-16)18-19-15/h3-4,7-9H,5-6H2,1-2H3,(H,17,19). The number of rotatable bonds is 7. The van der Waals surface area contributed by atoms with Crippen LogP contribution in [0.4, 0.5) is 5.82 Å². The van der Waals surface area contributed by atoms with Crippen LogP contribution in [0.15, 0.2) is 30.3 Å². The first-order valence-electron chi connectivity index (χ1n) is 6.58. The van der Waals surface area contributed by atoms with Crippen LogP contribution in [0.25, 0.3) is 0 Å². The molecule has 1 aromatic heterocycles. The van der Waals surface area contributed by atoms with Gasteiger partial charge >= 0.3 is 0 Å². The molecule has 0 saturated heterocycles. The highest BCUT2D eigenvalue weighted by Gasteiger charge is 2.03. The van der Waals surface area contributed by atoms with Crippen molar-refractivity contribution in [2.45, 2.75) is 0 Å². The van der Waals surface area contributed by atoms with Gasteiger partial charge in [-0.15, -0.1) is 10.2 Å². The molecule has 0 spiro atoms. The maximum atomic E-state index is 8.64. The van der Waals surface area contributed by atoms with Crippen LogP contribution in [0, 0.1) is 11.3 Å². The van der Waals surface area contributed by atoms with Gasteiger partial charge in [-0.05, 0) is 12.1 Å². The lowest BCUT2D eigenvalue weighted by molar-refractivity contribution is 0.324. The largest absolute Gasteiger partial charge is 0.496 e. The van der Waals surface area contributed by atoms with E-state index in [1.807, 2.05) is 6.07 Å². The van der Waals surface area contributed by atoms with Gasteiger partial charge in [-0.1, -0.05) is 0 Å². The summed E-state index contributed by atoms with van der Waals surface area (Å²) in [6, 6.07) is 10.5. The summed E-state index contributed by atoms with van der Waals surface area (Å²) in [6.45, 7) is 0.970. The lowest BCUT2D eigenvalue weighted by Gasteiger charge is -2.10. The Hall–Kier alpha value is -3.01. The highest BCUT2D eigenvalue weighted by molar-refractivity contribution is 5.42. The minimum atomic E-state index is 0.283. The van der Waals surface area contributed by atoms with E-state index >= 15 is 0 Å². The van der Waals surface area contributed by atoms with Crippen LogP contribution in [0.5, 0.6) is 17.2 Å². The number of nitrogens with zero attached hydrogens (tertiary/aromatic N) is 3. The molecule has 0 radical (unpaired) electrons. The smallest absolute Gasteiger partial charge is 0.163 e. The Labute approximate surface area is 128 Å². The third-order valence-corrected chi connectivity index (χ3v) is 2.78. The summed E-state index contributed by atoms with van der Waals surface area (Å²) in [7, 11) is 3.17. The van der Waals surface area contributed by atoms with Crippen molar-refractivity contribution in [3.8, 4) is 23.3 Å². The van der Waals surface area contributed by atoms with Crippen LogP contribution in [0.2, 0.25) is 0 Å². The second kappa shape index (κ2) is 7.69. The van der Waals surface area contributed by atoms with Gasteiger partial charge in [0.15, 0.2) is 5.69 Å². The summed E-state index contributed by atoms with van der Waals surface area (Å²) in [4.78, 5) is 0. The van der Waals surface area contributed by atoms with Gasteiger partial charge in [0.25, 0.3) is 0 Å². The first kappa shape index (κ1) is 15.4. The number of hydrogen-bond acceptors (Lipinski definition) is 7. The zero-order chi connectivity index (χ0) is 15.8. The molecule has 1 N–H and O–H groups in total. The summed E-state index contributed by atoms with van der Waals surface area (Å²) < 4.78 is 16.0. The number of nitriles is 1. The molecule has 22 heavy (non-hydrogen) atoms. The van der Waals surface area contributed by atoms with Gasteiger partial charge in [0.05, 0.1) is 20.8 Å². The number of methoxy groups -OCH3 is 2. The van der Waals surface area contributed by atoms with Crippen molar-refractivity contribution in [2.24, 2.45) is 0 Å². The van der Waals surface area contributed by atoms with Crippen molar-refractivity contribution >= 4 is 5.82 Å². The molecule has 114 valence electrons. The van der Waals surface area contributed by atoms with Crippen LogP contribution in [0.3, 0.4) is 0 Å². The normalized spacial score (nSPS) is 9.68. The summed E-state index contributed by atoms with van der Waals surface area (Å²) in [5.41, 5.74) is 0.283. The fourth-order valence-corrected chi connectivity index (χ4v) is 1.70. The van der Waals surface area contributed by atoms with Crippen molar-refractivity contribution in [2.75, 3.05) is 32.7 Å². The van der Waals surface area contributed by atoms with Crippen LogP contribution >= 0.6 is 0 Å². The third kappa shape index (κ3) is 4.24. The predicted molar refractivity (Wildman–Crippen MR) is 80.3 cm³/mol. The van der Waals surface area contributed by atoms with E-state index in [9.17, 15) is 0 Å². The summed E-state index contributed by atoms with van der Waals surface area (Å²) in [6.07, 6.45) is 0. The molecule has 2 aromatic rings. The zero-order valence-electron chi connectivity index (χ0n) is 12.4. The van der Waals surface area contributed by atoms with E-state index < -0.39 is 0 Å². The Kier molecular flexibility index (Phi) is 5.37. The highest BCUT2D eigenvalue weighted by atomic mass is 16.5. The van der Waals surface area contributed by atoms with Crippen molar-refractivity contribution in [1.29, 1.82) is 5.26 Å². The van der Waals surface area contributed by atoms with Crippen molar-refractivity contribution in [1.82, 2.24) is 10.2 Å². The zero-order valence-corrected chi connectivity index (χ0v) is 12.4.